The molecule has 13 heteroatoms. The number of halogens is 1. The van der Waals surface area contributed by atoms with Gasteiger partial charge in [-0.25, -0.2) is 18.4 Å². The molecular weight excluding hydrogens is 669 g/mol. The summed E-state index contributed by atoms with van der Waals surface area (Å²) in [5.41, 5.74) is 2.70. The van der Waals surface area contributed by atoms with Crippen LogP contribution in [0.3, 0.4) is 0 Å². The second kappa shape index (κ2) is 10.6. The molecule has 0 aromatic heterocycles. The predicted molar refractivity (Wildman–Crippen MR) is 161 cm³/mol. The van der Waals surface area contributed by atoms with Crippen LogP contribution >= 0.6 is 34.8 Å². The molecule has 204 valence electrons. The van der Waals surface area contributed by atoms with Crippen molar-refractivity contribution in [3.05, 3.63) is 98.6 Å². The maximum Gasteiger partial charge on any atom is 0.336 e. The number of primary sulfonamides is 1. The monoisotopic (exact) mass is 689 g/mol. The number of sulfonamides is 1. The van der Waals surface area contributed by atoms with Crippen molar-refractivity contribution < 1.29 is 33.3 Å². The number of aromatic carboxylic acids is 1. The first kappa shape index (κ1) is 27.6. The zero-order chi connectivity index (χ0) is 28.8. The summed E-state index contributed by atoms with van der Waals surface area (Å²) in [6.45, 7) is 0. The SMILES string of the molecule is NS(=O)(=O)c1ccc(NC(=S)Nc2ccc(C3c4ccc(O)cc4Oc4cc(O)ccc43)c(C(=O)O)c2)c(I)c1. The number of thiocarbonyl (C=S) groups is 1. The van der Waals surface area contributed by atoms with Gasteiger partial charge in [-0.15, -0.1) is 0 Å². The Bertz CT molecular complexity index is 1760. The fourth-order valence-electron chi connectivity index (χ4n) is 4.45. The number of aromatic hydroxyl groups is 2. The van der Waals surface area contributed by atoms with E-state index in [4.69, 9.17) is 22.1 Å². The molecule has 1 aliphatic rings. The molecule has 1 heterocycles. The van der Waals surface area contributed by atoms with Gasteiger partial charge in [-0.2, -0.15) is 0 Å². The number of rotatable bonds is 5. The molecular formula is C27H20IN3O7S2. The number of phenols is 2. The highest BCUT2D eigenvalue weighted by molar-refractivity contribution is 14.1. The van der Waals surface area contributed by atoms with E-state index in [2.05, 4.69) is 10.6 Å². The molecule has 0 saturated carbocycles. The molecule has 10 nitrogen and oxygen atoms in total. The highest BCUT2D eigenvalue weighted by Crippen LogP contribution is 2.49. The number of anilines is 2. The summed E-state index contributed by atoms with van der Waals surface area (Å²) in [5, 5.41) is 41.4. The van der Waals surface area contributed by atoms with Crippen LogP contribution in [-0.2, 0) is 10.0 Å². The van der Waals surface area contributed by atoms with Crippen molar-refractivity contribution in [3.8, 4) is 23.0 Å². The zero-order valence-electron chi connectivity index (χ0n) is 20.3. The smallest absolute Gasteiger partial charge is 0.336 e. The van der Waals surface area contributed by atoms with Crippen LogP contribution in [0.5, 0.6) is 23.0 Å². The second-order valence-corrected chi connectivity index (χ2v) is 12.0. The van der Waals surface area contributed by atoms with Crippen LogP contribution in [0, 0.1) is 3.57 Å². The van der Waals surface area contributed by atoms with Crippen LogP contribution in [0.25, 0.3) is 0 Å². The molecule has 40 heavy (non-hydrogen) atoms. The van der Waals surface area contributed by atoms with E-state index in [0.717, 1.165) is 0 Å². The standard InChI is InChI=1S/C27H20IN3O7S2/c28-21-12-16(40(29,36)37)4-8-22(21)31-27(39)30-13-1-5-17(20(9-13)26(34)35)25-18-6-2-14(32)10-23(18)38-24-11-15(33)3-7-19(24)25/h1-12,25,32-33H,(H,34,35)(H2,29,36,37)(H2,30,31,39). The number of ether oxygens (including phenoxy) is 1. The van der Waals surface area contributed by atoms with Crippen molar-refractivity contribution in [1.29, 1.82) is 0 Å². The van der Waals surface area contributed by atoms with Crippen molar-refractivity contribution >= 4 is 67.3 Å². The van der Waals surface area contributed by atoms with Crippen LogP contribution in [0.15, 0.2) is 77.7 Å². The topological polar surface area (TPSA) is 171 Å². The summed E-state index contributed by atoms with van der Waals surface area (Å²) in [7, 11) is -3.86. The van der Waals surface area contributed by atoms with E-state index in [0.29, 0.717) is 43.1 Å². The fourth-order valence-corrected chi connectivity index (χ4v) is 6.08. The number of carbonyl (C=O) groups is 1. The normalized spacial score (nSPS) is 12.6. The number of benzene rings is 4. The Morgan fingerprint density at radius 2 is 1.48 bits per heavy atom. The maximum absolute atomic E-state index is 12.4. The summed E-state index contributed by atoms with van der Waals surface area (Å²) in [5.74, 6) is -1.09. The number of fused-ring (bicyclic) bond motifs is 2. The van der Waals surface area contributed by atoms with Crippen LogP contribution in [0.2, 0.25) is 0 Å². The van der Waals surface area contributed by atoms with Crippen molar-refractivity contribution in [1.82, 2.24) is 0 Å². The van der Waals surface area contributed by atoms with E-state index >= 15 is 0 Å². The Kier molecular flexibility index (Phi) is 7.31. The van der Waals surface area contributed by atoms with Gasteiger partial charge in [0.25, 0.3) is 0 Å². The minimum atomic E-state index is -3.86. The molecule has 0 radical (unpaired) electrons. The minimum Gasteiger partial charge on any atom is -0.508 e. The van der Waals surface area contributed by atoms with Crippen molar-refractivity contribution in [2.45, 2.75) is 10.8 Å². The average Bonchev–Trinajstić information content (AvgIpc) is 2.87. The van der Waals surface area contributed by atoms with E-state index in [9.17, 15) is 28.5 Å². The fraction of sp³-hybridized carbons (Fsp3) is 0.0370. The minimum absolute atomic E-state index is 0.00448. The van der Waals surface area contributed by atoms with Gasteiger partial charge in [0.05, 0.1) is 16.1 Å². The average molecular weight is 690 g/mol. The highest BCUT2D eigenvalue weighted by Gasteiger charge is 2.32. The molecule has 0 unspecified atom stereocenters. The predicted octanol–water partition coefficient (Wildman–Crippen LogP) is 5.14. The van der Waals surface area contributed by atoms with Crippen LogP contribution < -0.4 is 20.5 Å². The number of hydrogen-bond acceptors (Lipinski definition) is 7. The van der Waals surface area contributed by atoms with Crippen LogP contribution in [0.4, 0.5) is 11.4 Å². The molecule has 0 amide bonds. The maximum atomic E-state index is 12.4. The second-order valence-electron chi connectivity index (χ2n) is 8.85. The van der Waals surface area contributed by atoms with Crippen molar-refractivity contribution in [2.75, 3.05) is 10.6 Å². The Hall–Kier alpha value is -3.92. The van der Waals surface area contributed by atoms with Gasteiger partial charge >= 0.3 is 5.97 Å². The van der Waals surface area contributed by atoms with Gasteiger partial charge in [0.2, 0.25) is 10.0 Å². The molecule has 0 saturated heterocycles. The summed E-state index contributed by atoms with van der Waals surface area (Å²) in [6, 6.07) is 18.3. The Morgan fingerprint density at radius 1 is 0.875 bits per heavy atom. The zero-order valence-corrected chi connectivity index (χ0v) is 24.0. The first-order valence-corrected chi connectivity index (χ1v) is 14.6. The number of nitrogens with one attached hydrogen (secondary N) is 2. The van der Waals surface area contributed by atoms with E-state index in [1.807, 2.05) is 22.6 Å². The van der Waals surface area contributed by atoms with Crippen LogP contribution in [-0.4, -0.2) is 34.8 Å². The molecule has 7 N–H and O–H groups in total. The van der Waals surface area contributed by atoms with Crippen molar-refractivity contribution in [3.63, 3.8) is 0 Å². The summed E-state index contributed by atoms with van der Waals surface area (Å²) < 4.78 is 29.7. The lowest BCUT2D eigenvalue weighted by atomic mass is 9.80. The number of carboxylic acids is 1. The molecule has 4 aromatic rings. The summed E-state index contributed by atoms with van der Waals surface area (Å²) in [4.78, 5) is 12.4. The van der Waals surface area contributed by atoms with Gasteiger partial charge in [0.15, 0.2) is 5.11 Å². The third-order valence-electron chi connectivity index (χ3n) is 6.21. The molecule has 0 atom stereocenters. The van der Waals surface area contributed by atoms with Gasteiger partial charge in [0, 0.05) is 38.4 Å². The quantitative estimate of drug-likeness (QED) is 0.107. The number of phenolic OH excluding ortho intramolecular Hbond substituents is 2. The van der Waals surface area contributed by atoms with Crippen molar-refractivity contribution in [2.24, 2.45) is 5.14 Å². The lowest BCUT2D eigenvalue weighted by molar-refractivity contribution is 0.0695. The third-order valence-corrected chi connectivity index (χ3v) is 8.21. The lowest BCUT2D eigenvalue weighted by Gasteiger charge is -2.30. The van der Waals surface area contributed by atoms with E-state index in [-0.39, 0.29) is 27.1 Å². The molecule has 4 aromatic carbocycles. The van der Waals surface area contributed by atoms with Gasteiger partial charge in [0.1, 0.15) is 23.0 Å². The van der Waals surface area contributed by atoms with Gasteiger partial charge < -0.3 is 30.7 Å². The van der Waals surface area contributed by atoms with Crippen LogP contribution in [0.1, 0.15) is 33.0 Å². The summed E-state index contributed by atoms with van der Waals surface area (Å²) >= 11 is 7.35. The van der Waals surface area contributed by atoms with Gasteiger partial charge in [-0.3, -0.25) is 0 Å². The largest absolute Gasteiger partial charge is 0.508 e. The van der Waals surface area contributed by atoms with E-state index < -0.39 is 21.9 Å². The Morgan fingerprint density at radius 3 is 2.02 bits per heavy atom. The molecule has 0 aliphatic carbocycles. The highest BCUT2D eigenvalue weighted by atomic mass is 127. The number of nitrogens with two attached hydrogens (primary N) is 1. The third kappa shape index (κ3) is 5.54. The Labute approximate surface area is 247 Å². The Balaban J connectivity index is 1.48. The molecule has 0 spiro atoms. The first-order valence-electron chi connectivity index (χ1n) is 11.5. The van der Waals surface area contributed by atoms with E-state index in [1.54, 1.807) is 24.3 Å². The molecule has 5 rings (SSSR count). The summed E-state index contributed by atoms with van der Waals surface area (Å²) in [6.07, 6.45) is 0. The van der Waals surface area contributed by atoms with E-state index in [1.165, 1.54) is 48.5 Å². The first-order chi connectivity index (χ1) is 18.9. The number of hydrogen-bond donors (Lipinski definition) is 6. The van der Waals surface area contributed by atoms with Gasteiger partial charge in [-0.05, 0) is 82.8 Å². The lowest BCUT2D eigenvalue weighted by Crippen LogP contribution is -2.21. The number of carboxylic acid groups (broad SMARTS) is 1. The molecule has 1 aliphatic heterocycles. The molecule has 0 fully saturated rings. The van der Waals surface area contributed by atoms with Gasteiger partial charge in [-0.1, -0.05) is 18.2 Å². The molecule has 0 bridgehead atoms.